The monoisotopic (exact) mass is 248 g/mol. The fourth-order valence-corrected chi connectivity index (χ4v) is 1.86. The van der Waals surface area contributed by atoms with Crippen LogP contribution in [0.25, 0.3) is 0 Å². The number of nitrogens with one attached hydrogen (secondary N) is 1. The number of amides is 1. The van der Waals surface area contributed by atoms with Gasteiger partial charge in [0.05, 0.1) is 18.6 Å². The van der Waals surface area contributed by atoms with E-state index in [1.54, 1.807) is 0 Å². The summed E-state index contributed by atoms with van der Waals surface area (Å²) in [5.41, 5.74) is 6.65. The lowest BCUT2D eigenvalue weighted by atomic mass is 10.2. The van der Waals surface area contributed by atoms with Crippen LogP contribution in [-0.2, 0) is 4.79 Å². The molecule has 1 aliphatic rings. The maximum atomic E-state index is 11.7. The molecule has 18 heavy (non-hydrogen) atoms. The molecule has 0 spiro atoms. The fraction of sp³-hybridized carbons (Fsp3) is 0.500. The molecule has 0 aliphatic heterocycles. The number of aryl methyl sites for hydroxylation is 1. The Labute approximate surface area is 108 Å². The molecule has 3 N–H and O–H groups in total. The Bertz CT molecular complexity index is 428. The quantitative estimate of drug-likeness (QED) is 0.799. The normalized spacial score (nSPS) is 16.1. The number of rotatable bonds is 6. The van der Waals surface area contributed by atoms with Crippen LogP contribution >= 0.6 is 0 Å². The average Bonchev–Trinajstić information content (AvgIpc) is 3.09. The van der Waals surface area contributed by atoms with Crippen molar-refractivity contribution in [2.24, 2.45) is 5.73 Å². The molecule has 1 aromatic rings. The largest absolute Gasteiger partial charge is 0.493 e. The summed E-state index contributed by atoms with van der Waals surface area (Å²) in [5, 5.41) is 2.97. The second-order valence-electron chi connectivity index (χ2n) is 4.95. The van der Waals surface area contributed by atoms with Crippen LogP contribution in [0.4, 0.5) is 0 Å². The highest BCUT2D eigenvalue weighted by atomic mass is 16.5. The average molecular weight is 248 g/mol. The van der Waals surface area contributed by atoms with E-state index in [4.69, 9.17) is 10.5 Å². The minimum atomic E-state index is -0.111. The molecule has 4 heteroatoms. The molecule has 1 aliphatic carbocycles. The van der Waals surface area contributed by atoms with E-state index in [0.717, 1.165) is 24.2 Å². The number of benzene rings is 1. The van der Waals surface area contributed by atoms with Crippen molar-refractivity contribution in [3.8, 4) is 5.75 Å². The molecule has 1 saturated carbocycles. The summed E-state index contributed by atoms with van der Waals surface area (Å²) in [4.78, 5) is 11.7. The zero-order chi connectivity index (χ0) is 13.0. The number of carbonyl (C=O) groups is 1. The molecule has 98 valence electrons. The van der Waals surface area contributed by atoms with Gasteiger partial charge in [0, 0.05) is 6.54 Å². The Hall–Kier alpha value is -1.55. The number of ether oxygens (including phenoxy) is 1. The fourth-order valence-electron chi connectivity index (χ4n) is 1.86. The SMILES string of the molecule is Cc1cccc(OCCC(=O)NC2(CN)CC2)c1. The maximum Gasteiger partial charge on any atom is 0.223 e. The van der Waals surface area contributed by atoms with Crippen LogP contribution in [0.5, 0.6) is 5.75 Å². The first-order valence-electron chi connectivity index (χ1n) is 6.34. The Morgan fingerprint density at radius 3 is 2.89 bits per heavy atom. The standard InChI is InChI=1S/C14H20N2O2/c1-11-3-2-4-12(9-11)18-8-5-13(17)16-14(10-15)6-7-14/h2-4,9H,5-8,10,15H2,1H3,(H,16,17). The highest BCUT2D eigenvalue weighted by Crippen LogP contribution is 2.33. The van der Waals surface area contributed by atoms with E-state index < -0.39 is 0 Å². The van der Waals surface area contributed by atoms with Gasteiger partial charge in [-0.05, 0) is 37.5 Å². The molecule has 1 amide bonds. The van der Waals surface area contributed by atoms with Gasteiger partial charge >= 0.3 is 0 Å². The molecule has 2 rings (SSSR count). The van der Waals surface area contributed by atoms with Crippen molar-refractivity contribution in [1.82, 2.24) is 5.32 Å². The van der Waals surface area contributed by atoms with Gasteiger partial charge in [0.25, 0.3) is 0 Å². The molecule has 4 nitrogen and oxygen atoms in total. The van der Waals surface area contributed by atoms with Crippen LogP contribution in [0.2, 0.25) is 0 Å². The molecule has 0 heterocycles. The van der Waals surface area contributed by atoms with Crippen LogP contribution in [-0.4, -0.2) is 24.6 Å². The van der Waals surface area contributed by atoms with Crippen molar-refractivity contribution >= 4 is 5.91 Å². The summed E-state index contributed by atoms with van der Waals surface area (Å²) in [5.74, 6) is 0.827. The molecule has 0 unspecified atom stereocenters. The molecule has 0 saturated heterocycles. The van der Waals surface area contributed by atoms with Crippen molar-refractivity contribution in [2.75, 3.05) is 13.2 Å². The van der Waals surface area contributed by atoms with E-state index in [0.29, 0.717) is 19.6 Å². The molecule has 0 radical (unpaired) electrons. The second kappa shape index (κ2) is 5.40. The minimum Gasteiger partial charge on any atom is -0.493 e. The van der Waals surface area contributed by atoms with Gasteiger partial charge in [0.2, 0.25) is 5.91 Å². The van der Waals surface area contributed by atoms with Gasteiger partial charge in [0.1, 0.15) is 5.75 Å². The lowest BCUT2D eigenvalue weighted by Crippen LogP contribution is -2.42. The summed E-state index contributed by atoms with van der Waals surface area (Å²) < 4.78 is 5.53. The molecule has 1 fully saturated rings. The number of carbonyl (C=O) groups excluding carboxylic acids is 1. The van der Waals surface area contributed by atoms with Crippen LogP contribution in [0, 0.1) is 6.92 Å². The number of hydrogen-bond acceptors (Lipinski definition) is 3. The maximum absolute atomic E-state index is 11.7. The van der Waals surface area contributed by atoms with Crippen molar-refractivity contribution in [1.29, 1.82) is 0 Å². The third kappa shape index (κ3) is 3.47. The predicted octanol–water partition coefficient (Wildman–Crippen LogP) is 1.37. The van der Waals surface area contributed by atoms with E-state index in [-0.39, 0.29) is 11.4 Å². The van der Waals surface area contributed by atoms with E-state index in [2.05, 4.69) is 5.32 Å². The van der Waals surface area contributed by atoms with Gasteiger partial charge in [-0.25, -0.2) is 0 Å². The molecule has 0 bridgehead atoms. The third-order valence-electron chi connectivity index (χ3n) is 3.24. The van der Waals surface area contributed by atoms with Gasteiger partial charge in [0.15, 0.2) is 0 Å². The molecule has 0 atom stereocenters. The first kappa shape index (κ1) is 12.9. The highest BCUT2D eigenvalue weighted by Gasteiger charge is 2.42. The predicted molar refractivity (Wildman–Crippen MR) is 70.5 cm³/mol. The van der Waals surface area contributed by atoms with Crippen molar-refractivity contribution in [3.05, 3.63) is 29.8 Å². The Morgan fingerprint density at radius 1 is 1.50 bits per heavy atom. The Balaban J connectivity index is 1.70. The third-order valence-corrected chi connectivity index (χ3v) is 3.24. The minimum absolute atomic E-state index is 0.0191. The number of hydrogen-bond donors (Lipinski definition) is 2. The van der Waals surface area contributed by atoms with Crippen LogP contribution in [0.3, 0.4) is 0 Å². The van der Waals surface area contributed by atoms with Crippen molar-refractivity contribution < 1.29 is 9.53 Å². The second-order valence-corrected chi connectivity index (χ2v) is 4.95. The van der Waals surface area contributed by atoms with Gasteiger partial charge in [-0.2, -0.15) is 0 Å². The first-order chi connectivity index (χ1) is 8.63. The highest BCUT2D eigenvalue weighted by molar-refractivity contribution is 5.77. The van der Waals surface area contributed by atoms with Gasteiger partial charge in [-0.1, -0.05) is 12.1 Å². The van der Waals surface area contributed by atoms with Crippen molar-refractivity contribution in [3.63, 3.8) is 0 Å². The summed E-state index contributed by atoms with van der Waals surface area (Å²) in [6.07, 6.45) is 2.36. The smallest absolute Gasteiger partial charge is 0.223 e. The molecular weight excluding hydrogens is 228 g/mol. The molecule has 1 aromatic carbocycles. The van der Waals surface area contributed by atoms with E-state index in [1.165, 1.54) is 0 Å². The Kier molecular flexibility index (Phi) is 3.87. The summed E-state index contributed by atoms with van der Waals surface area (Å²) in [7, 11) is 0. The van der Waals surface area contributed by atoms with E-state index >= 15 is 0 Å². The van der Waals surface area contributed by atoms with Crippen LogP contribution in [0.1, 0.15) is 24.8 Å². The Morgan fingerprint density at radius 2 is 2.28 bits per heavy atom. The topological polar surface area (TPSA) is 64.3 Å². The van der Waals surface area contributed by atoms with E-state index in [1.807, 2.05) is 31.2 Å². The van der Waals surface area contributed by atoms with Crippen LogP contribution in [0.15, 0.2) is 24.3 Å². The van der Waals surface area contributed by atoms with Gasteiger partial charge < -0.3 is 15.8 Å². The van der Waals surface area contributed by atoms with Gasteiger partial charge in [-0.3, -0.25) is 4.79 Å². The zero-order valence-electron chi connectivity index (χ0n) is 10.7. The first-order valence-corrected chi connectivity index (χ1v) is 6.34. The van der Waals surface area contributed by atoms with E-state index in [9.17, 15) is 4.79 Å². The van der Waals surface area contributed by atoms with Crippen LogP contribution < -0.4 is 15.8 Å². The van der Waals surface area contributed by atoms with Crippen molar-refractivity contribution in [2.45, 2.75) is 31.7 Å². The molecule has 0 aromatic heterocycles. The van der Waals surface area contributed by atoms with Gasteiger partial charge in [-0.15, -0.1) is 0 Å². The summed E-state index contributed by atoms with van der Waals surface area (Å²) in [6.45, 7) is 2.94. The lowest BCUT2D eigenvalue weighted by molar-refractivity contribution is -0.122. The summed E-state index contributed by atoms with van der Waals surface area (Å²) >= 11 is 0. The lowest BCUT2D eigenvalue weighted by Gasteiger charge is -2.15. The zero-order valence-corrected chi connectivity index (χ0v) is 10.7. The molecular formula is C14H20N2O2. The number of nitrogens with two attached hydrogens (primary N) is 1. The summed E-state index contributed by atoms with van der Waals surface area (Å²) in [6, 6.07) is 7.81.